The molecule has 0 aliphatic carbocycles. The average molecular weight is 456 g/mol. The van der Waals surface area contributed by atoms with Crippen molar-refractivity contribution >= 4 is 33.4 Å². The highest BCUT2D eigenvalue weighted by molar-refractivity contribution is 6.09. The molecule has 9 nitrogen and oxygen atoms in total. The van der Waals surface area contributed by atoms with E-state index in [1.807, 2.05) is 37.5 Å². The number of fused-ring (bicyclic) bond motifs is 2. The number of H-pyrrole nitrogens is 2. The van der Waals surface area contributed by atoms with Crippen molar-refractivity contribution < 1.29 is 9.53 Å². The van der Waals surface area contributed by atoms with Crippen molar-refractivity contribution in [3.63, 3.8) is 0 Å². The predicted molar refractivity (Wildman–Crippen MR) is 131 cm³/mol. The van der Waals surface area contributed by atoms with Crippen LogP contribution in [0.4, 0.5) is 5.69 Å². The zero-order chi connectivity index (χ0) is 23.1. The molecule has 9 heteroatoms. The first-order valence-corrected chi connectivity index (χ1v) is 11.3. The van der Waals surface area contributed by atoms with E-state index in [-0.39, 0.29) is 5.91 Å². The fourth-order valence-corrected chi connectivity index (χ4v) is 4.59. The highest BCUT2D eigenvalue weighted by Gasteiger charge is 2.19. The molecule has 0 saturated carbocycles. The van der Waals surface area contributed by atoms with Crippen LogP contribution in [-0.2, 0) is 18.3 Å². The quantitative estimate of drug-likeness (QED) is 0.376. The van der Waals surface area contributed by atoms with Gasteiger partial charge in [0.25, 0.3) is 5.91 Å². The van der Waals surface area contributed by atoms with E-state index in [4.69, 9.17) is 4.74 Å². The van der Waals surface area contributed by atoms with Crippen LogP contribution in [0.5, 0.6) is 0 Å². The molecule has 172 valence electrons. The SMILES string of the molecule is Cn1nc(C(=O)Nc2cc(-c3cccc4[nH]ccc34)cc3[nH]ncc23)cc1CN1CCOCC1. The van der Waals surface area contributed by atoms with Crippen LogP contribution in [0.2, 0.25) is 0 Å². The van der Waals surface area contributed by atoms with Crippen LogP contribution in [0.25, 0.3) is 32.9 Å². The summed E-state index contributed by atoms with van der Waals surface area (Å²) in [7, 11) is 1.87. The molecule has 0 radical (unpaired) electrons. The van der Waals surface area contributed by atoms with Gasteiger partial charge in [-0.05, 0) is 41.5 Å². The Bertz CT molecular complexity index is 1490. The van der Waals surface area contributed by atoms with Gasteiger partial charge >= 0.3 is 0 Å². The summed E-state index contributed by atoms with van der Waals surface area (Å²) >= 11 is 0. The Morgan fingerprint density at radius 1 is 1.12 bits per heavy atom. The molecular formula is C25H25N7O2. The van der Waals surface area contributed by atoms with E-state index in [1.54, 1.807) is 10.9 Å². The van der Waals surface area contributed by atoms with Crippen molar-refractivity contribution in [1.82, 2.24) is 29.9 Å². The second kappa shape index (κ2) is 8.44. The number of aromatic nitrogens is 5. The molecule has 0 unspecified atom stereocenters. The normalized spacial score (nSPS) is 14.7. The van der Waals surface area contributed by atoms with Gasteiger partial charge in [0, 0.05) is 49.2 Å². The van der Waals surface area contributed by atoms with Gasteiger partial charge in [0.2, 0.25) is 0 Å². The number of hydrogen-bond donors (Lipinski definition) is 3. The van der Waals surface area contributed by atoms with Gasteiger partial charge in [-0.1, -0.05) is 12.1 Å². The molecule has 3 N–H and O–H groups in total. The number of nitrogens with zero attached hydrogens (tertiary/aromatic N) is 4. The van der Waals surface area contributed by atoms with Gasteiger partial charge in [0.05, 0.1) is 36.3 Å². The number of carbonyl (C=O) groups excluding carboxylic acids is 1. The minimum Gasteiger partial charge on any atom is -0.379 e. The molecular weight excluding hydrogens is 430 g/mol. The third kappa shape index (κ3) is 3.74. The van der Waals surface area contributed by atoms with Crippen molar-refractivity contribution in [2.45, 2.75) is 6.54 Å². The zero-order valence-electron chi connectivity index (χ0n) is 18.8. The summed E-state index contributed by atoms with van der Waals surface area (Å²) in [6, 6.07) is 14.1. The van der Waals surface area contributed by atoms with Gasteiger partial charge in [0.15, 0.2) is 5.69 Å². The Balaban J connectivity index is 1.31. The predicted octanol–water partition coefficient (Wildman–Crippen LogP) is 3.53. The van der Waals surface area contributed by atoms with Crippen LogP contribution in [0.15, 0.2) is 54.9 Å². The Morgan fingerprint density at radius 2 is 2.00 bits per heavy atom. The van der Waals surface area contributed by atoms with Crippen molar-refractivity contribution in [1.29, 1.82) is 0 Å². The topological polar surface area (TPSA) is 104 Å². The van der Waals surface area contributed by atoms with Gasteiger partial charge in [-0.2, -0.15) is 10.2 Å². The number of ether oxygens (including phenoxy) is 1. The third-order valence-corrected chi connectivity index (χ3v) is 6.41. The summed E-state index contributed by atoms with van der Waals surface area (Å²) in [5.41, 5.74) is 6.07. The number of benzene rings is 2. The molecule has 1 saturated heterocycles. The number of amides is 1. The second-order valence-electron chi connectivity index (χ2n) is 8.59. The molecule has 1 aliphatic rings. The van der Waals surface area contributed by atoms with Crippen molar-refractivity contribution in [2.24, 2.45) is 7.05 Å². The van der Waals surface area contributed by atoms with E-state index in [0.717, 1.165) is 71.5 Å². The fourth-order valence-electron chi connectivity index (χ4n) is 4.59. The van der Waals surface area contributed by atoms with Crippen LogP contribution in [0, 0.1) is 0 Å². The maximum atomic E-state index is 13.2. The highest BCUT2D eigenvalue weighted by Crippen LogP contribution is 2.34. The van der Waals surface area contributed by atoms with Crippen molar-refractivity contribution in [2.75, 3.05) is 31.6 Å². The monoisotopic (exact) mass is 455 g/mol. The number of rotatable bonds is 5. The molecule has 6 rings (SSSR count). The van der Waals surface area contributed by atoms with E-state index in [0.29, 0.717) is 11.4 Å². The van der Waals surface area contributed by atoms with Gasteiger partial charge in [-0.3, -0.25) is 19.5 Å². The van der Waals surface area contributed by atoms with Crippen LogP contribution in [-0.4, -0.2) is 62.1 Å². The lowest BCUT2D eigenvalue weighted by molar-refractivity contribution is 0.0331. The first-order valence-electron chi connectivity index (χ1n) is 11.3. The van der Waals surface area contributed by atoms with E-state index in [2.05, 4.69) is 48.7 Å². The molecule has 0 atom stereocenters. The number of aryl methyl sites for hydroxylation is 1. The number of carbonyl (C=O) groups is 1. The van der Waals surface area contributed by atoms with E-state index in [1.165, 1.54) is 0 Å². The molecule has 1 amide bonds. The second-order valence-corrected chi connectivity index (χ2v) is 8.59. The van der Waals surface area contributed by atoms with E-state index >= 15 is 0 Å². The summed E-state index contributed by atoms with van der Waals surface area (Å²) < 4.78 is 7.21. The standard InChI is InChI=1S/C25H25N7O2/c1-31-17(15-32-7-9-34-10-8-32)13-24(30-31)25(33)28-22-11-16(12-23-20(22)14-27-29-23)18-3-2-4-21-19(18)5-6-26-21/h2-6,11-14,26H,7-10,15H2,1H3,(H,27,29)(H,28,33). The third-order valence-electron chi connectivity index (χ3n) is 6.41. The first kappa shape index (κ1) is 20.6. The average Bonchev–Trinajstić information content (AvgIpc) is 3.59. The molecule has 1 aliphatic heterocycles. The number of nitrogens with one attached hydrogen (secondary N) is 3. The first-order chi connectivity index (χ1) is 16.7. The Kier molecular flexibility index (Phi) is 5.12. The number of anilines is 1. The van der Waals surface area contributed by atoms with Crippen LogP contribution in [0.3, 0.4) is 0 Å². The molecule has 34 heavy (non-hydrogen) atoms. The maximum absolute atomic E-state index is 13.2. The van der Waals surface area contributed by atoms with Crippen LogP contribution < -0.4 is 5.32 Å². The minimum absolute atomic E-state index is 0.247. The summed E-state index contributed by atoms with van der Waals surface area (Å²) in [6.07, 6.45) is 3.66. The lowest BCUT2D eigenvalue weighted by Crippen LogP contribution is -2.36. The lowest BCUT2D eigenvalue weighted by Gasteiger charge is -2.26. The number of hydrogen-bond acceptors (Lipinski definition) is 5. The Morgan fingerprint density at radius 3 is 2.88 bits per heavy atom. The smallest absolute Gasteiger partial charge is 0.276 e. The van der Waals surface area contributed by atoms with Crippen molar-refractivity contribution in [3.05, 3.63) is 66.2 Å². The Labute approximate surface area is 195 Å². The summed E-state index contributed by atoms with van der Waals surface area (Å²) in [5, 5.41) is 16.7. The summed E-state index contributed by atoms with van der Waals surface area (Å²) in [5.74, 6) is -0.247. The maximum Gasteiger partial charge on any atom is 0.276 e. The number of morpholine rings is 1. The minimum atomic E-state index is -0.247. The fraction of sp³-hybridized carbons (Fsp3) is 0.240. The summed E-state index contributed by atoms with van der Waals surface area (Å²) in [4.78, 5) is 18.8. The highest BCUT2D eigenvalue weighted by atomic mass is 16.5. The largest absolute Gasteiger partial charge is 0.379 e. The van der Waals surface area contributed by atoms with Crippen LogP contribution >= 0.6 is 0 Å². The molecule has 3 aromatic heterocycles. The van der Waals surface area contributed by atoms with Gasteiger partial charge in [0.1, 0.15) is 0 Å². The molecule has 5 aromatic rings. The lowest BCUT2D eigenvalue weighted by atomic mass is 9.99. The molecule has 2 aromatic carbocycles. The molecule has 0 bridgehead atoms. The Hall–Kier alpha value is -3.95. The van der Waals surface area contributed by atoms with E-state index < -0.39 is 0 Å². The van der Waals surface area contributed by atoms with Crippen molar-refractivity contribution in [3.8, 4) is 11.1 Å². The van der Waals surface area contributed by atoms with Gasteiger partial charge < -0.3 is 15.0 Å². The van der Waals surface area contributed by atoms with Crippen LogP contribution in [0.1, 0.15) is 16.2 Å². The molecule has 4 heterocycles. The zero-order valence-corrected chi connectivity index (χ0v) is 18.8. The van der Waals surface area contributed by atoms with Gasteiger partial charge in [-0.15, -0.1) is 0 Å². The molecule has 0 spiro atoms. The van der Waals surface area contributed by atoms with Gasteiger partial charge in [-0.25, -0.2) is 0 Å². The number of aromatic amines is 2. The molecule has 1 fully saturated rings. The van der Waals surface area contributed by atoms with E-state index in [9.17, 15) is 4.79 Å². The summed E-state index contributed by atoms with van der Waals surface area (Å²) in [6.45, 7) is 3.97.